The Kier molecular flexibility index (Phi) is 6.54. The smallest absolute Gasteiger partial charge is 0.150 e. The van der Waals surface area contributed by atoms with Crippen molar-refractivity contribution in [1.29, 1.82) is 0 Å². The maximum absolute atomic E-state index is 10.9. The second-order valence-electron chi connectivity index (χ2n) is 4.02. The van der Waals surface area contributed by atoms with Crippen LogP contribution in [0, 0.1) is 6.92 Å². The third kappa shape index (κ3) is 4.25. The number of aldehydes is 1. The van der Waals surface area contributed by atoms with Crippen LogP contribution in [0.25, 0.3) is 0 Å². The van der Waals surface area contributed by atoms with Gasteiger partial charge in [0.25, 0.3) is 0 Å². The molecule has 2 nitrogen and oxygen atoms in total. The molecule has 0 unspecified atom stereocenters. The van der Waals surface area contributed by atoms with Gasteiger partial charge in [0.1, 0.15) is 12.4 Å². The predicted molar refractivity (Wildman–Crippen MR) is 83.6 cm³/mol. The van der Waals surface area contributed by atoms with E-state index in [0.29, 0.717) is 17.2 Å². The fraction of sp³-hybridized carbons (Fsp3) is 0.118. The summed E-state index contributed by atoms with van der Waals surface area (Å²) in [7, 11) is 0. The van der Waals surface area contributed by atoms with Gasteiger partial charge < -0.3 is 4.74 Å². The van der Waals surface area contributed by atoms with Gasteiger partial charge >= 0.3 is 0 Å². The molecule has 0 atom stereocenters. The van der Waals surface area contributed by atoms with Crippen LogP contribution in [-0.4, -0.2) is 6.29 Å². The summed E-state index contributed by atoms with van der Waals surface area (Å²) in [5.41, 5.74) is 2.47. The van der Waals surface area contributed by atoms with E-state index in [1.165, 1.54) is 0 Å². The van der Waals surface area contributed by atoms with Crippen molar-refractivity contribution in [3.8, 4) is 5.75 Å². The van der Waals surface area contributed by atoms with Crippen molar-refractivity contribution in [2.24, 2.45) is 0 Å². The van der Waals surface area contributed by atoms with Crippen molar-refractivity contribution in [1.82, 2.24) is 0 Å². The number of rotatable bonds is 4. The van der Waals surface area contributed by atoms with Crippen LogP contribution < -0.4 is 4.74 Å². The van der Waals surface area contributed by atoms with Gasteiger partial charge in [-0.15, -0.1) is 13.2 Å². The first-order chi connectivity index (χ1) is 9.70. The first-order valence-corrected chi connectivity index (χ1v) is 6.50. The van der Waals surface area contributed by atoms with Gasteiger partial charge in [0.15, 0.2) is 6.29 Å². The lowest BCUT2D eigenvalue weighted by Crippen LogP contribution is -2.00. The Morgan fingerprint density at radius 3 is 2.55 bits per heavy atom. The van der Waals surface area contributed by atoms with E-state index in [1.807, 2.05) is 37.3 Å². The van der Waals surface area contributed by atoms with Crippen LogP contribution in [0.5, 0.6) is 5.75 Å². The molecule has 0 heterocycles. The Hall–Kier alpha value is -2.06. The lowest BCUT2D eigenvalue weighted by molar-refractivity contribution is 0.112. The number of carbonyl (C=O) groups excluding carboxylic acids is 1. The third-order valence-corrected chi connectivity index (χ3v) is 2.95. The largest absolute Gasteiger partial charge is 0.489 e. The van der Waals surface area contributed by atoms with Crippen LogP contribution in [0.4, 0.5) is 0 Å². The first-order valence-electron chi connectivity index (χ1n) is 6.13. The molecule has 0 spiro atoms. The zero-order chi connectivity index (χ0) is 15.0. The third-order valence-electron chi connectivity index (χ3n) is 2.71. The van der Waals surface area contributed by atoms with Crippen molar-refractivity contribution in [3.05, 3.63) is 77.3 Å². The molecule has 0 aromatic heterocycles. The van der Waals surface area contributed by atoms with E-state index in [1.54, 1.807) is 12.1 Å². The number of hydrogen-bond acceptors (Lipinski definition) is 2. The van der Waals surface area contributed by atoms with E-state index in [-0.39, 0.29) is 0 Å². The molecule has 0 saturated heterocycles. The topological polar surface area (TPSA) is 26.3 Å². The number of ether oxygens (including phenoxy) is 1. The SMILES string of the molecule is C=C.Cc1ccccc1OCc1ccc(Cl)cc1C=O. The van der Waals surface area contributed by atoms with E-state index in [4.69, 9.17) is 16.3 Å². The summed E-state index contributed by atoms with van der Waals surface area (Å²) in [6.07, 6.45) is 0.794. The number of aryl methyl sites for hydroxylation is 1. The van der Waals surface area contributed by atoms with Crippen molar-refractivity contribution in [2.75, 3.05) is 0 Å². The van der Waals surface area contributed by atoms with Gasteiger partial charge in [0, 0.05) is 10.6 Å². The molecule has 2 aromatic carbocycles. The van der Waals surface area contributed by atoms with Gasteiger partial charge in [-0.05, 0) is 36.2 Å². The van der Waals surface area contributed by atoms with Crippen molar-refractivity contribution >= 4 is 17.9 Å². The lowest BCUT2D eigenvalue weighted by Gasteiger charge is -2.10. The zero-order valence-corrected chi connectivity index (χ0v) is 12.2. The summed E-state index contributed by atoms with van der Waals surface area (Å²) in [5.74, 6) is 0.823. The Labute approximate surface area is 124 Å². The van der Waals surface area contributed by atoms with E-state index in [0.717, 1.165) is 23.2 Å². The molecular weight excluding hydrogens is 272 g/mol. The number of carbonyl (C=O) groups is 1. The molecule has 0 fully saturated rings. The van der Waals surface area contributed by atoms with Crippen molar-refractivity contribution in [2.45, 2.75) is 13.5 Å². The van der Waals surface area contributed by atoms with Crippen LogP contribution in [0.3, 0.4) is 0 Å². The van der Waals surface area contributed by atoms with Crippen LogP contribution in [0.2, 0.25) is 5.02 Å². The van der Waals surface area contributed by atoms with Gasteiger partial charge in [-0.3, -0.25) is 4.79 Å². The van der Waals surface area contributed by atoms with Crippen molar-refractivity contribution < 1.29 is 9.53 Å². The molecule has 0 N–H and O–H groups in total. The molecule has 0 aliphatic carbocycles. The van der Waals surface area contributed by atoms with E-state index in [2.05, 4.69) is 13.2 Å². The number of benzene rings is 2. The van der Waals surface area contributed by atoms with Crippen LogP contribution in [-0.2, 0) is 6.61 Å². The molecule has 0 aliphatic rings. The average molecular weight is 289 g/mol. The fourth-order valence-corrected chi connectivity index (χ4v) is 1.86. The molecular formula is C17H17ClO2. The maximum Gasteiger partial charge on any atom is 0.150 e. The molecule has 2 rings (SSSR count). The second-order valence-corrected chi connectivity index (χ2v) is 4.45. The summed E-state index contributed by atoms with van der Waals surface area (Å²) in [6.45, 7) is 8.34. The van der Waals surface area contributed by atoms with Gasteiger partial charge in [-0.25, -0.2) is 0 Å². The van der Waals surface area contributed by atoms with Crippen molar-refractivity contribution in [3.63, 3.8) is 0 Å². The van der Waals surface area contributed by atoms with Gasteiger partial charge in [0.05, 0.1) is 0 Å². The van der Waals surface area contributed by atoms with E-state index in [9.17, 15) is 4.79 Å². The van der Waals surface area contributed by atoms with Gasteiger partial charge in [-0.1, -0.05) is 35.9 Å². The monoisotopic (exact) mass is 288 g/mol. The molecule has 0 saturated carbocycles. The van der Waals surface area contributed by atoms with Crippen LogP contribution in [0.1, 0.15) is 21.5 Å². The average Bonchev–Trinajstić information content (AvgIpc) is 2.49. The standard InChI is InChI=1S/C15H13ClO2.C2H4/c1-11-4-2-3-5-15(11)18-10-12-6-7-14(16)8-13(12)9-17;1-2/h2-9H,10H2,1H3;1-2H2. The minimum Gasteiger partial charge on any atom is -0.489 e. The maximum atomic E-state index is 10.9. The Balaban J connectivity index is 0.000000956. The number of para-hydroxylation sites is 1. The predicted octanol–water partition coefficient (Wildman–Crippen LogP) is 4.84. The summed E-state index contributed by atoms with van der Waals surface area (Å²) < 4.78 is 5.70. The highest BCUT2D eigenvalue weighted by atomic mass is 35.5. The highest BCUT2D eigenvalue weighted by Crippen LogP contribution is 2.20. The Morgan fingerprint density at radius 1 is 1.20 bits per heavy atom. The Morgan fingerprint density at radius 2 is 1.90 bits per heavy atom. The summed E-state index contributed by atoms with van der Waals surface area (Å²) in [6, 6.07) is 13.0. The highest BCUT2D eigenvalue weighted by Gasteiger charge is 2.04. The van der Waals surface area contributed by atoms with Crippen LogP contribution >= 0.6 is 11.6 Å². The van der Waals surface area contributed by atoms with Gasteiger partial charge in [-0.2, -0.15) is 0 Å². The summed E-state index contributed by atoms with van der Waals surface area (Å²) in [5, 5.41) is 0.553. The number of halogens is 1. The molecule has 3 heteroatoms. The fourth-order valence-electron chi connectivity index (χ4n) is 1.68. The summed E-state index contributed by atoms with van der Waals surface area (Å²) >= 11 is 5.84. The van der Waals surface area contributed by atoms with E-state index >= 15 is 0 Å². The summed E-state index contributed by atoms with van der Waals surface area (Å²) in [4.78, 5) is 10.9. The minimum absolute atomic E-state index is 0.357. The van der Waals surface area contributed by atoms with Crippen LogP contribution in [0.15, 0.2) is 55.6 Å². The van der Waals surface area contributed by atoms with E-state index < -0.39 is 0 Å². The second kappa shape index (κ2) is 8.18. The lowest BCUT2D eigenvalue weighted by atomic mass is 10.1. The molecule has 0 amide bonds. The van der Waals surface area contributed by atoms with Gasteiger partial charge in [0.2, 0.25) is 0 Å². The quantitative estimate of drug-likeness (QED) is 0.594. The molecule has 20 heavy (non-hydrogen) atoms. The first kappa shape index (κ1) is 16.0. The Bertz CT molecular complexity index is 579. The minimum atomic E-state index is 0.357. The molecule has 0 bridgehead atoms. The molecule has 2 aromatic rings. The zero-order valence-electron chi connectivity index (χ0n) is 11.4. The number of hydrogen-bond donors (Lipinski definition) is 0. The highest BCUT2D eigenvalue weighted by molar-refractivity contribution is 6.30. The molecule has 104 valence electrons. The normalized spacial score (nSPS) is 9.30. The molecule has 0 aliphatic heterocycles. The molecule has 0 radical (unpaired) electrons.